The fourth-order valence-electron chi connectivity index (χ4n) is 4.41. The van der Waals surface area contributed by atoms with Gasteiger partial charge in [-0.3, -0.25) is 0 Å². The molecule has 0 bridgehead atoms. The summed E-state index contributed by atoms with van der Waals surface area (Å²) in [6.45, 7) is 4.50. The maximum Gasteiger partial charge on any atom is 0.338 e. The van der Waals surface area contributed by atoms with Gasteiger partial charge in [0.15, 0.2) is 0 Å². The number of esters is 1. The molecule has 0 saturated heterocycles. The van der Waals surface area contributed by atoms with Crippen molar-refractivity contribution in [3.63, 3.8) is 0 Å². The minimum absolute atomic E-state index is 0.277. The first-order valence-corrected chi connectivity index (χ1v) is 14.1. The van der Waals surface area contributed by atoms with Gasteiger partial charge >= 0.3 is 5.97 Å². The summed E-state index contributed by atoms with van der Waals surface area (Å²) in [7, 11) is 0. The number of ether oxygens (including phenoxy) is 2. The lowest BCUT2D eigenvalue weighted by atomic mass is 9.96. The first kappa shape index (κ1) is 26.8. The van der Waals surface area contributed by atoms with Crippen LogP contribution in [0, 0.1) is 0 Å². The fraction of sp³-hybridized carbons (Fsp3) is 0.233. The van der Waals surface area contributed by atoms with E-state index >= 15 is 0 Å². The molecule has 1 aromatic heterocycles. The number of nitrogens with zero attached hydrogens (tertiary/aromatic N) is 3. The minimum atomic E-state index is -0.499. The molecule has 1 atom stereocenters. The Morgan fingerprint density at radius 1 is 1.05 bits per heavy atom. The van der Waals surface area contributed by atoms with Gasteiger partial charge in [0.1, 0.15) is 11.8 Å². The van der Waals surface area contributed by atoms with E-state index in [0.29, 0.717) is 39.8 Å². The fourth-order valence-corrected chi connectivity index (χ4v) is 5.52. The van der Waals surface area contributed by atoms with Crippen LogP contribution >= 0.6 is 23.4 Å². The summed E-state index contributed by atoms with van der Waals surface area (Å²) in [5.74, 6) is 1.56. The molecule has 0 amide bonds. The number of fused-ring (bicyclic) bond motifs is 1. The van der Waals surface area contributed by atoms with Crippen LogP contribution < -0.4 is 10.1 Å². The number of aromatic nitrogens is 3. The number of carbonyl (C=O) groups is 1. The second kappa shape index (κ2) is 12.4. The van der Waals surface area contributed by atoms with E-state index in [1.807, 2.05) is 73.7 Å². The number of allylic oxidation sites excluding steroid dienone is 1. The molecule has 4 aromatic rings. The summed E-state index contributed by atoms with van der Waals surface area (Å²) >= 11 is 7.82. The van der Waals surface area contributed by atoms with Gasteiger partial charge in [0, 0.05) is 22.9 Å². The summed E-state index contributed by atoms with van der Waals surface area (Å²) in [6, 6.07) is 25.2. The number of benzene rings is 3. The molecule has 1 aliphatic heterocycles. The summed E-state index contributed by atoms with van der Waals surface area (Å²) < 4.78 is 13.1. The van der Waals surface area contributed by atoms with E-state index in [-0.39, 0.29) is 12.6 Å². The highest BCUT2D eigenvalue weighted by molar-refractivity contribution is 7.98. The summed E-state index contributed by atoms with van der Waals surface area (Å²) in [6.07, 6.45) is 0.822. The standard InChI is InChI=1S/C30H29ClN4O3S/c1-3-37-28(36)26-20(2)32-29-33-30(39-19-23-11-7-8-12-25(23)31)34-35(29)27(26)22-13-15-24(16-14-22)38-18-17-21-9-5-4-6-10-21/h4-16,27H,3,17-19H2,1-2H3,(H,32,33,34). The molecule has 1 unspecified atom stereocenters. The van der Waals surface area contributed by atoms with Gasteiger partial charge in [0.2, 0.25) is 11.1 Å². The third-order valence-corrected chi connectivity index (χ3v) is 7.60. The van der Waals surface area contributed by atoms with Crippen LogP contribution in [0.15, 0.2) is 95.3 Å². The van der Waals surface area contributed by atoms with Crippen LogP contribution in [0.4, 0.5) is 5.95 Å². The van der Waals surface area contributed by atoms with Crippen molar-refractivity contribution >= 4 is 35.3 Å². The maximum absolute atomic E-state index is 13.1. The van der Waals surface area contributed by atoms with Crippen molar-refractivity contribution in [2.45, 2.75) is 37.2 Å². The first-order valence-electron chi connectivity index (χ1n) is 12.8. The van der Waals surface area contributed by atoms with Crippen LogP contribution in [0.5, 0.6) is 5.75 Å². The molecular weight excluding hydrogens is 532 g/mol. The van der Waals surface area contributed by atoms with Crippen molar-refractivity contribution in [1.29, 1.82) is 0 Å². The molecule has 9 heteroatoms. The number of hydrogen-bond acceptors (Lipinski definition) is 7. The number of halogens is 1. The Morgan fingerprint density at radius 3 is 2.54 bits per heavy atom. The molecule has 0 saturated carbocycles. The molecule has 39 heavy (non-hydrogen) atoms. The predicted molar refractivity (Wildman–Crippen MR) is 154 cm³/mol. The van der Waals surface area contributed by atoms with Gasteiger partial charge < -0.3 is 14.8 Å². The molecule has 1 N–H and O–H groups in total. The number of carbonyl (C=O) groups excluding carboxylic acids is 1. The lowest BCUT2D eigenvalue weighted by Gasteiger charge is -2.28. The molecule has 0 radical (unpaired) electrons. The van der Waals surface area contributed by atoms with Crippen LogP contribution in [0.3, 0.4) is 0 Å². The number of nitrogens with one attached hydrogen (secondary N) is 1. The second-order valence-corrected chi connectivity index (χ2v) is 10.3. The van der Waals surface area contributed by atoms with Gasteiger partial charge in [0.25, 0.3) is 0 Å². The highest BCUT2D eigenvalue weighted by Crippen LogP contribution is 2.37. The van der Waals surface area contributed by atoms with Crippen LogP contribution in [0.2, 0.25) is 5.02 Å². The average molecular weight is 561 g/mol. The number of hydrogen-bond donors (Lipinski definition) is 1. The average Bonchev–Trinajstić information content (AvgIpc) is 3.35. The Kier molecular flexibility index (Phi) is 8.54. The maximum atomic E-state index is 13.1. The van der Waals surface area contributed by atoms with Crippen molar-refractivity contribution in [3.8, 4) is 5.75 Å². The van der Waals surface area contributed by atoms with Gasteiger partial charge in [-0.2, -0.15) is 4.98 Å². The van der Waals surface area contributed by atoms with Gasteiger partial charge in [-0.1, -0.05) is 84.0 Å². The molecule has 3 aromatic carbocycles. The highest BCUT2D eigenvalue weighted by atomic mass is 35.5. The largest absolute Gasteiger partial charge is 0.493 e. The van der Waals surface area contributed by atoms with Gasteiger partial charge in [-0.25, -0.2) is 9.48 Å². The Hall–Kier alpha value is -3.75. The van der Waals surface area contributed by atoms with Crippen LogP contribution in [-0.2, 0) is 21.7 Å². The zero-order valence-corrected chi connectivity index (χ0v) is 23.3. The lowest BCUT2D eigenvalue weighted by molar-refractivity contribution is -0.139. The van der Waals surface area contributed by atoms with Crippen LogP contribution in [0.1, 0.15) is 36.6 Å². The van der Waals surface area contributed by atoms with Gasteiger partial charge in [-0.05, 0) is 48.7 Å². The third-order valence-electron chi connectivity index (χ3n) is 6.34. The predicted octanol–water partition coefficient (Wildman–Crippen LogP) is 6.70. The quantitative estimate of drug-likeness (QED) is 0.171. The third kappa shape index (κ3) is 6.29. The molecular formula is C30H29ClN4O3S. The number of thioether (sulfide) groups is 1. The van der Waals surface area contributed by atoms with Crippen molar-refractivity contribution in [2.24, 2.45) is 0 Å². The van der Waals surface area contributed by atoms with Crippen molar-refractivity contribution in [1.82, 2.24) is 14.8 Å². The van der Waals surface area contributed by atoms with Crippen LogP contribution in [0.25, 0.3) is 0 Å². The molecule has 1 aliphatic rings. The van der Waals surface area contributed by atoms with E-state index in [0.717, 1.165) is 23.3 Å². The Morgan fingerprint density at radius 2 is 1.79 bits per heavy atom. The molecule has 0 spiro atoms. The first-order chi connectivity index (χ1) is 19.0. The minimum Gasteiger partial charge on any atom is -0.493 e. The monoisotopic (exact) mass is 560 g/mol. The molecule has 0 aliphatic carbocycles. The Balaban J connectivity index is 1.38. The van der Waals surface area contributed by atoms with Gasteiger partial charge in [-0.15, -0.1) is 5.10 Å². The molecule has 200 valence electrons. The van der Waals surface area contributed by atoms with E-state index in [1.165, 1.54) is 17.3 Å². The smallest absolute Gasteiger partial charge is 0.338 e. The van der Waals surface area contributed by atoms with E-state index in [2.05, 4.69) is 17.4 Å². The van der Waals surface area contributed by atoms with Crippen molar-refractivity contribution in [3.05, 3.63) is 112 Å². The normalized spacial score (nSPS) is 14.5. The Labute approximate surface area is 237 Å². The van der Waals surface area contributed by atoms with Gasteiger partial charge in [0.05, 0.1) is 18.8 Å². The van der Waals surface area contributed by atoms with E-state index in [4.69, 9.17) is 31.2 Å². The molecule has 2 heterocycles. The molecule has 5 rings (SSSR count). The number of rotatable bonds is 10. The molecule has 0 fully saturated rings. The van der Waals surface area contributed by atoms with E-state index in [9.17, 15) is 4.79 Å². The zero-order valence-electron chi connectivity index (χ0n) is 21.8. The van der Waals surface area contributed by atoms with Crippen LogP contribution in [-0.4, -0.2) is 33.9 Å². The topological polar surface area (TPSA) is 78.3 Å². The number of anilines is 1. The Bertz CT molecular complexity index is 1470. The summed E-state index contributed by atoms with van der Waals surface area (Å²) in [4.78, 5) is 17.8. The zero-order chi connectivity index (χ0) is 27.2. The summed E-state index contributed by atoms with van der Waals surface area (Å²) in [5.41, 5.74) is 4.29. The molecule has 7 nitrogen and oxygen atoms in total. The summed E-state index contributed by atoms with van der Waals surface area (Å²) in [5, 5.41) is 9.30. The highest BCUT2D eigenvalue weighted by Gasteiger charge is 2.35. The van der Waals surface area contributed by atoms with Crippen molar-refractivity contribution < 1.29 is 14.3 Å². The SMILES string of the molecule is CCOC(=O)C1=C(C)Nc2nc(SCc3ccccc3Cl)nn2C1c1ccc(OCCc2ccccc2)cc1. The lowest BCUT2D eigenvalue weighted by Crippen LogP contribution is -2.29. The van der Waals surface area contributed by atoms with E-state index in [1.54, 1.807) is 11.6 Å². The second-order valence-electron chi connectivity index (χ2n) is 8.98. The van der Waals surface area contributed by atoms with E-state index < -0.39 is 6.04 Å². The van der Waals surface area contributed by atoms with Crippen molar-refractivity contribution in [2.75, 3.05) is 18.5 Å².